The van der Waals surface area contributed by atoms with Gasteiger partial charge in [0, 0.05) is 12.3 Å². The molecule has 0 aromatic heterocycles. The minimum atomic E-state index is -3.31. The Morgan fingerprint density at radius 2 is 1.69 bits per heavy atom. The van der Waals surface area contributed by atoms with Crippen LogP contribution in [0.4, 0.5) is 0 Å². The highest BCUT2D eigenvalue weighted by molar-refractivity contribution is 7.90. The summed E-state index contributed by atoms with van der Waals surface area (Å²) in [4.78, 5) is 0.157. The van der Waals surface area contributed by atoms with Crippen LogP contribution in [0.1, 0.15) is 12.5 Å². The number of aryl methyl sites for hydroxylation is 1. The molecule has 0 unspecified atom stereocenters. The first-order valence-corrected chi connectivity index (χ1v) is 6.78. The molecule has 0 aliphatic carbocycles. The highest BCUT2D eigenvalue weighted by Crippen LogP contribution is 2.32. The van der Waals surface area contributed by atoms with E-state index in [2.05, 4.69) is 0 Å². The van der Waals surface area contributed by atoms with Gasteiger partial charge in [0.05, 0.1) is 14.2 Å². The maximum absolute atomic E-state index is 11.5. The lowest BCUT2D eigenvalue weighted by Gasteiger charge is -2.12. The molecule has 0 aliphatic heterocycles. The summed E-state index contributed by atoms with van der Waals surface area (Å²) in [6, 6.07) is 3.21. The van der Waals surface area contributed by atoms with E-state index in [0.717, 1.165) is 18.2 Å². The summed E-state index contributed by atoms with van der Waals surface area (Å²) < 4.78 is 33.3. The van der Waals surface area contributed by atoms with E-state index in [1.54, 1.807) is 6.07 Å². The molecule has 0 radical (unpaired) electrons. The number of sulfone groups is 1. The van der Waals surface area contributed by atoms with E-state index < -0.39 is 9.84 Å². The summed E-state index contributed by atoms with van der Waals surface area (Å²) in [5.41, 5.74) is 0.923. The Labute approximate surface area is 96.1 Å². The van der Waals surface area contributed by atoms with Gasteiger partial charge in [-0.25, -0.2) is 8.42 Å². The number of methoxy groups -OCH3 is 2. The first-order valence-electron chi connectivity index (χ1n) is 4.89. The minimum Gasteiger partial charge on any atom is -0.496 e. The third-order valence-corrected chi connectivity index (χ3v) is 3.47. The molecule has 4 nitrogen and oxygen atoms in total. The quantitative estimate of drug-likeness (QED) is 0.808. The highest BCUT2D eigenvalue weighted by Gasteiger charge is 2.17. The Balaban J connectivity index is 3.50. The number of ether oxygens (including phenoxy) is 2. The molecule has 0 aliphatic rings. The largest absolute Gasteiger partial charge is 0.496 e. The summed E-state index contributed by atoms with van der Waals surface area (Å²) in [6.45, 7) is 1.97. The molecule has 0 N–H and O–H groups in total. The van der Waals surface area contributed by atoms with Gasteiger partial charge in [-0.2, -0.15) is 0 Å². The van der Waals surface area contributed by atoms with Gasteiger partial charge >= 0.3 is 0 Å². The summed E-state index contributed by atoms with van der Waals surface area (Å²) >= 11 is 0. The summed E-state index contributed by atoms with van der Waals surface area (Å²) in [7, 11) is -0.333. The van der Waals surface area contributed by atoms with Crippen molar-refractivity contribution in [2.75, 3.05) is 20.5 Å². The number of benzene rings is 1. The van der Waals surface area contributed by atoms with Crippen LogP contribution in [0.25, 0.3) is 0 Å². The molecule has 0 saturated heterocycles. The molecule has 1 rings (SSSR count). The third kappa shape index (κ3) is 2.47. The zero-order valence-corrected chi connectivity index (χ0v) is 10.7. The van der Waals surface area contributed by atoms with Crippen molar-refractivity contribution >= 4 is 9.84 Å². The van der Waals surface area contributed by atoms with Crippen LogP contribution in [0.15, 0.2) is 17.0 Å². The molecule has 0 amide bonds. The summed E-state index contributed by atoms with van der Waals surface area (Å²) in [5, 5.41) is 0. The van der Waals surface area contributed by atoms with Gasteiger partial charge in [0.15, 0.2) is 9.84 Å². The third-order valence-electron chi connectivity index (χ3n) is 2.35. The summed E-state index contributed by atoms with van der Waals surface area (Å²) in [5.74, 6) is 0.934. The molecule has 1 aromatic carbocycles. The average molecular weight is 244 g/mol. The van der Waals surface area contributed by atoms with Gasteiger partial charge in [0.2, 0.25) is 0 Å². The second kappa shape index (κ2) is 4.74. The van der Waals surface area contributed by atoms with Crippen LogP contribution in [-0.2, 0) is 16.3 Å². The topological polar surface area (TPSA) is 52.6 Å². The van der Waals surface area contributed by atoms with E-state index >= 15 is 0 Å². The fourth-order valence-electron chi connectivity index (χ4n) is 1.50. The van der Waals surface area contributed by atoms with Crippen LogP contribution >= 0.6 is 0 Å². The SMILES string of the molecule is CCc1cc(OC)c(S(C)(=O)=O)cc1OC. The lowest BCUT2D eigenvalue weighted by molar-refractivity contribution is 0.389. The van der Waals surface area contributed by atoms with Crippen molar-refractivity contribution in [1.29, 1.82) is 0 Å². The lowest BCUT2D eigenvalue weighted by atomic mass is 10.1. The molecule has 0 fully saturated rings. The minimum absolute atomic E-state index is 0.157. The monoisotopic (exact) mass is 244 g/mol. The van der Waals surface area contributed by atoms with Gasteiger partial charge in [-0.15, -0.1) is 0 Å². The Kier molecular flexibility index (Phi) is 3.80. The fourth-order valence-corrected chi connectivity index (χ4v) is 2.33. The lowest BCUT2D eigenvalue weighted by Crippen LogP contribution is -2.03. The molecule has 0 bridgehead atoms. The molecule has 0 atom stereocenters. The first-order chi connectivity index (χ1) is 7.43. The number of rotatable bonds is 4. The van der Waals surface area contributed by atoms with E-state index in [4.69, 9.17) is 9.47 Å². The molecule has 0 spiro atoms. The number of hydrogen-bond donors (Lipinski definition) is 0. The molecule has 0 saturated carbocycles. The second-order valence-electron chi connectivity index (χ2n) is 3.44. The van der Waals surface area contributed by atoms with E-state index in [1.165, 1.54) is 20.3 Å². The van der Waals surface area contributed by atoms with Gasteiger partial charge in [-0.3, -0.25) is 0 Å². The van der Waals surface area contributed by atoms with Crippen molar-refractivity contribution in [3.63, 3.8) is 0 Å². The van der Waals surface area contributed by atoms with E-state index in [-0.39, 0.29) is 4.90 Å². The van der Waals surface area contributed by atoms with Gasteiger partial charge in [0.25, 0.3) is 0 Å². The van der Waals surface area contributed by atoms with Crippen molar-refractivity contribution in [1.82, 2.24) is 0 Å². The zero-order valence-electron chi connectivity index (χ0n) is 9.90. The smallest absolute Gasteiger partial charge is 0.179 e. The Morgan fingerprint density at radius 3 is 2.06 bits per heavy atom. The van der Waals surface area contributed by atoms with Crippen molar-refractivity contribution in [3.05, 3.63) is 17.7 Å². The Morgan fingerprint density at radius 1 is 1.12 bits per heavy atom. The van der Waals surface area contributed by atoms with Crippen LogP contribution in [0.2, 0.25) is 0 Å². The standard InChI is InChI=1S/C11H16O4S/c1-5-8-6-10(15-3)11(16(4,12)13)7-9(8)14-2/h6-7H,5H2,1-4H3. The average Bonchev–Trinajstić information content (AvgIpc) is 2.25. The van der Waals surface area contributed by atoms with E-state index in [9.17, 15) is 8.42 Å². The molecule has 1 aromatic rings. The van der Waals surface area contributed by atoms with Crippen molar-refractivity contribution in [2.45, 2.75) is 18.2 Å². The molecule has 5 heteroatoms. The second-order valence-corrected chi connectivity index (χ2v) is 5.42. The zero-order chi connectivity index (χ0) is 12.3. The predicted octanol–water partition coefficient (Wildman–Crippen LogP) is 1.67. The van der Waals surface area contributed by atoms with Crippen LogP contribution in [0.5, 0.6) is 11.5 Å². The molecule has 0 heterocycles. The van der Waals surface area contributed by atoms with Crippen LogP contribution in [0, 0.1) is 0 Å². The molecular weight excluding hydrogens is 228 g/mol. The van der Waals surface area contributed by atoms with Crippen LogP contribution in [0.3, 0.4) is 0 Å². The molecule has 90 valence electrons. The van der Waals surface area contributed by atoms with Gasteiger partial charge in [-0.05, 0) is 18.1 Å². The Hall–Kier alpha value is -1.23. The first kappa shape index (κ1) is 12.8. The van der Waals surface area contributed by atoms with E-state index in [0.29, 0.717) is 11.5 Å². The van der Waals surface area contributed by atoms with E-state index in [1.807, 2.05) is 6.92 Å². The fraction of sp³-hybridized carbons (Fsp3) is 0.455. The number of hydrogen-bond acceptors (Lipinski definition) is 4. The van der Waals surface area contributed by atoms with Gasteiger partial charge in [-0.1, -0.05) is 6.92 Å². The predicted molar refractivity (Wildman–Crippen MR) is 62.0 cm³/mol. The maximum atomic E-state index is 11.5. The Bertz CT molecular complexity index is 477. The highest BCUT2D eigenvalue weighted by atomic mass is 32.2. The van der Waals surface area contributed by atoms with Gasteiger partial charge in [0.1, 0.15) is 16.4 Å². The van der Waals surface area contributed by atoms with Crippen molar-refractivity contribution in [3.8, 4) is 11.5 Å². The normalized spacial score (nSPS) is 11.2. The molecule has 16 heavy (non-hydrogen) atoms. The summed E-state index contributed by atoms with van der Waals surface area (Å²) in [6.07, 6.45) is 1.90. The van der Waals surface area contributed by atoms with Crippen molar-refractivity contribution < 1.29 is 17.9 Å². The van der Waals surface area contributed by atoms with Crippen molar-refractivity contribution in [2.24, 2.45) is 0 Å². The molecular formula is C11H16O4S. The van der Waals surface area contributed by atoms with Crippen LogP contribution in [-0.4, -0.2) is 28.9 Å². The van der Waals surface area contributed by atoms with Gasteiger partial charge < -0.3 is 9.47 Å². The maximum Gasteiger partial charge on any atom is 0.179 e. The van der Waals surface area contributed by atoms with Crippen LogP contribution < -0.4 is 9.47 Å².